The van der Waals surface area contributed by atoms with Crippen LogP contribution in [0.25, 0.3) is 0 Å². The molecular weight excluding hydrogens is 290 g/mol. The van der Waals surface area contributed by atoms with Gasteiger partial charge in [0.15, 0.2) is 0 Å². The number of anilines is 1. The SMILES string of the molecule is C[C@@]12C[C@@H]3C(=O)N(c4ccc(Cl)cc4)C(=O)[C@@H]3C[C@]1(C)O2. The predicted molar refractivity (Wildman–Crippen MR) is 78.1 cm³/mol. The molecule has 0 unspecified atom stereocenters. The van der Waals surface area contributed by atoms with E-state index in [0.717, 1.165) is 0 Å². The molecule has 2 saturated heterocycles. The summed E-state index contributed by atoms with van der Waals surface area (Å²) in [6.07, 6.45) is 1.26. The van der Waals surface area contributed by atoms with Gasteiger partial charge in [-0.05, 0) is 51.0 Å². The van der Waals surface area contributed by atoms with E-state index in [1.165, 1.54) is 4.90 Å². The average Bonchev–Trinajstić information content (AvgIpc) is 2.93. The van der Waals surface area contributed by atoms with E-state index in [4.69, 9.17) is 16.3 Å². The highest BCUT2D eigenvalue weighted by Gasteiger charge is 2.71. The first kappa shape index (κ1) is 13.3. The molecule has 2 heterocycles. The standard InChI is InChI=1S/C16H16ClNO3/c1-15-7-11-12(8-16(15,2)21-15)14(20)18(13(11)19)10-5-3-9(17)4-6-10/h3-6,11-12H,7-8H2,1-2H3/t11-,12+,15+,16-. The van der Waals surface area contributed by atoms with Gasteiger partial charge in [0.2, 0.25) is 11.8 Å². The lowest BCUT2D eigenvalue weighted by molar-refractivity contribution is -0.122. The third-order valence-electron chi connectivity index (χ3n) is 5.39. The predicted octanol–water partition coefficient (Wildman–Crippen LogP) is 2.79. The van der Waals surface area contributed by atoms with Crippen LogP contribution in [0.4, 0.5) is 5.69 Å². The number of rotatable bonds is 1. The third-order valence-corrected chi connectivity index (χ3v) is 5.64. The normalized spacial score (nSPS) is 41.0. The van der Waals surface area contributed by atoms with E-state index in [0.29, 0.717) is 23.6 Å². The number of halogens is 1. The van der Waals surface area contributed by atoms with Crippen LogP contribution in [0.5, 0.6) is 0 Å². The number of epoxide rings is 1. The van der Waals surface area contributed by atoms with Gasteiger partial charge >= 0.3 is 0 Å². The molecule has 2 amide bonds. The fourth-order valence-corrected chi connectivity index (χ4v) is 4.04. The summed E-state index contributed by atoms with van der Waals surface area (Å²) in [4.78, 5) is 26.6. The number of fused-ring (bicyclic) bond motifs is 2. The van der Waals surface area contributed by atoms with Gasteiger partial charge in [-0.15, -0.1) is 0 Å². The number of carbonyl (C=O) groups excluding carboxylic acids is 2. The van der Waals surface area contributed by atoms with Gasteiger partial charge in [0.25, 0.3) is 0 Å². The van der Waals surface area contributed by atoms with Crippen molar-refractivity contribution in [3.8, 4) is 0 Å². The van der Waals surface area contributed by atoms with E-state index in [9.17, 15) is 9.59 Å². The van der Waals surface area contributed by atoms with Crippen molar-refractivity contribution in [2.24, 2.45) is 11.8 Å². The largest absolute Gasteiger partial charge is 0.363 e. The molecular formula is C16H16ClNO3. The van der Waals surface area contributed by atoms with Gasteiger partial charge in [0.05, 0.1) is 28.7 Å². The molecule has 0 bridgehead atoms. The van der Waals surface area contributed by atoms with Gasteiger partial charge in [-0.1, -0.05) is 11.6 Å². The van der Waals surface area contributed by atoms with E-state index in [2.05, 4.69) is 0 Å². The molecule has 5 heteroatoms. The maximum atomic E-state index is 12.7. The number of nitrogens with zero attached hydrogens (tertiary/aromatic N) is 1. The summed E-state index contributed by atoms with van der Waals surface area (Å²) < 4.78 is 5.80. The maximum Gasteiger partial charge on any atom is 0.237 e. The molecule has 1 aliphatic carbocycles. The summed E-state index contributed by atoms with van der Waals surface area (Å²) in [5.41, 5.74) is 0.105. The Morgan fingerprint density at radius 3 is 2.00 bits per heavy atom. The summed E-state index contributed by atoms with van der Waals surface area (Å²) in [7, 11) is 0. The molecule has 0 N–H and O–H groups in total. The molecule has 3 fully saturated rings. The maximum absolute atomic E-state index is 12.7. The molecule has 0 radical (unpaired) electrons. The molecule has 0 spiro atoms. The zero-order chi connectivity index (χ0) is 15.0. The lowest BCUT2D eigenvalue weighted by Crippen LogP contribution is -2.37. The lowest BCUT2D eigenvalue weighted by atomic mass is 9.70. The minimum absolute atomic E-state index is 0.105. The van der Waals surface area contributed by atoms with Crippen molar-refractivity contribution in [1.29, 1.82) is 0 Å². The highest BCUT2D eigenvalue weighted by atomic mass is 35.5. The van der Waals surface area contributed by atoms with Crippen molar-refractivity contribution in [2.75, 3.05) is 4.90 Å². The Morgan fingerprint density at radius 1 is 1.05 bits per heavy atom. The van der Waals surface area contributed by atoms with Crippen molar-refractivity contribution < 1.29 is 14.3 Å². The number of ether oxygens (including phenoxy) is 1. The fourth-order valence-electron chi connectivity index (χ4n) is 3.91. The molecule has 2 aliphatic heterocycles. The smallest absolute Gasteiger partial charge is 0.237 e. The highest BCUT2D eigenvalue weighted by Crippen LogP contribution is 2.61. The first-order valence-electron chi connectivity index (χ1n) is 7.18. The quantitative estimate of drug-likeness (QED) is 0.592. The van der Waals surface area contributed by atoms with E-state index >= 15 is 0 Å². The Balaban J connectivity index is 1.69. The zero-order valence-electron chi connectivity index (χ0n) is 11.9. The topological polar surface area (TPSA) is 49.9 Å². The van der Waals surface area contributed by atoms with Crippen LogP contribution in [-0.4, -0.2) is 23.0 Å². The van der Waals surface area contributed by atoms with Crippen LogP contribution in [0.15, 0.2) is 24.3 Å². The van der Waals surface area contributed by atoms with E-state index in [1.54, 1.807) is 24.3 Å². The second-order valence-corrected chi connectivity index (χ2v) is 7.11. The Kier molecular flexibility index (Phi) is 2.45. The van der Waals surface area contributed by atoms with Gasteiger partial charge in [0.1, 0.15) is 0 Å². The summed E-state index contributed by atoms with van der Waals surface area (Å²) in [5.74, 6) is -0.722. The fraction of sp³-hybridized carbons (Fsp3) is 0.500. The third kappa shape index (κ3) is 1.66. The van der Waals surface area contributed by atoms with Crippen molar-refractivity contribution in [1.82, 2.24) is 0 Å². The highest BCUT2D eigenvalue weighted by molar-refractivity contribution is 6.30. The second-order valence-electron chi connectivity index (χ2n) is 6.67. The number of hydrogen-bond acceptors (Lipinski definition) is 3. The number of benzene rings is 1. The van der Waals surface area contributed by atoms with Crippen LogP contribution < -0.4 is 4.90 Å². The molecule has 4 atom stereocenters. The summed E-state index contributed by atoms with van der Waals surface area (Å²) >= 11 is 5.87. The monoisotopic (exact) mass is 305 g/mol. The number of carbonyl (C=O) groups is 2. The van der Waals surface area contributed by atoms with Crippen LogP contribution in [-0.2, 0) is 14.3 Å². The Bertz CT molecular complexity index is 624. The minimum Gasteiger partial charge on any atom is -0.363 e. The molecule has 0 aromatic heterocycles. The van der Waals surface area contributed by atoms with Crippen LogP contribution in [0.2, 0.25) is 5.02 Å². The van der Waals surface area contributed by atoms with E-state index < -0.39 is 0 Å². The van der Waals surface area contributed by atoms with E-state index in [1.807, 2.05) is 13.8 Å². The van der Waals surface area contributed by atoms with Crippen LogP contribution in [0.3, 0.4) is 0 Å². The van der Waals surface area contributed by atoms with Gasteiger partial charge < -0.3 is 4.74 Å². The molecule has 4 rings (SSSR count). The van der Waals surface area contributed by atoms with Gasteiger partial charge in [-0.3, -0.25) is 14.5 Å². The van der Waals surface area contributed by atoms with Crippen LogP contribution in [0.1, 0.15) is 26.7 Å². The molecule has 110 valence electrons. The molecule has 1 aromatic rings. The van der Waals surface area contributed by atoms with Crippen molar-refractivity contribution in [2.45, 2.75) is 37.9 Å². The minimum atomic E-state index is -0.256. The molecule has 3 aliphatic rings. The van der Waals surface area contributed by atoms with Crippen molar-refractivity contribution in [3.63, 3.8) is 0 Å². The Labute approximate surface area is 128 Å². The first-order chi connectivity index (χ1) is 9.85. The van der Waals surface area contributed by atoms with Crippen LogP contribution >= 0.6 is 11.6 Å². The number of amides is 2. The molecule has 21 heavy (non-hydrogen) atoms. The molecule has 4 nitrogen and oxygen atoms in total. The van der Waals surface area contributed by atoms with E-state index in [-0.39, 0.29) is 34.9 Å². The zero-order valence-corrected chi connectivity index (χ0v) is 12.7. The van der Waals surface area contributed by atoms with Crippen molar-refractivity contribution >= 4 is 29.1 Å². The van der Waals surface area contributed by atoms with Gasteiger partial charge in [-0.2, -0.15) is 0 Å². The summed E-state index contributed by atoms with van der Waals surface area (Å²) in [5, 5.41) is 0.588. The van der Waals surface area contributed by atoms with Crippen LogP contribution in [0, 0.1) is 11.8 Å². The number of hydrogen-bond donors (Lipinski definition) is 0. The second kappa shape index (κ2) is 3.87. The molecule has 1 saturated carbocycles. The Morgan fingerprint density at radius 2 is 1.52 bits per heavy atom. The summed E-state index contributed by atoms with van der Waals surface area (Å²) in [6, 6.07) is 6.83. The Hall–Kier alpha value is -1.39. The van der Waals surface area contributed by atoms with Crippen molar-refractivity contribution in [3.05, 3.63) is 29.3 Å². The summed E-state index contributed by atoms with van der Waals surface area (Å²) in [6.45, 7) is 4.07. The number of imide groups is 1. The van der Waals surface area contributed by atoms with Gasteiger partial charge in [0, 0.05) is 5.02 Å². The van der Waals surface area contributed by atoms with Gasteiger partial charge in [-0.25, -0.2) is 0 Å². The first-order valence-corrected chi connectivity index (χ1v) is 7.56. The molecule has 1 aromatic carbocycles. The lowest BCUT2D eigenvalue weighted by Gasteiger charge is -2.26. The average molecular weight is 306 g/mol.